The first-order valence-electron chi connectivity index (χ1n) is 6.81. The lowest BCUT2D eigenvalue weighted by atomic mass is 10.0. The monoisotopic (exact) mass is 251 g/mol. The highest BCUT2D eigenvalue weighted by Gasteiger charge is 1.97. The van der Waals surface area contributed by atoms with Crippen molar-refractivity contribution in [1.29, 1.82) is 0 Å². The van der Waals surface area contributed by atoms with Crippen molar-refractivity contribution in [3.05, 3.63) is 71.8 Å². The molecule has 1 heteroatoms. The molecule has 2 rings (SSSR count). The van der Waals surface area contributed by atoms with Crippen LogP contribution in [0.5, 0.6) is 0 Å². The lowest BCUT2D eigenvalue weighted by Gasteiger charge is -2.07. The van der Waals surface area contributed by atoms with Crippen molar-refractivity contribution in [2.75, 3.05) is 11.9 Å². The Kier molecular flexibility index (Phi) is 4.79. The fourth-order valence-corrected chi connectivity index (χ4v) is 1.92. The number of rotatable bonds is 5. The molecule has 1 N–H and O–H groups in total. The first-order chi connectivity index (χ1) is 9.25. The van der Waals surface area contributed by atoms with E-state index in [0.29, 0.717) is 5.92 Å². The zero-order chi connectivity index (χ0) is 13.5. The predicted molar refractivity (Wildman–Crippen MR) is 84.5 cm³/mol. The van der Waals surface area contributed by atoms with Crippen LogP contribution in [0.15, 0.2) is 60.7 Å². The number of nitrogens with one attached hydrogen (secondary N) is 1. The highest BCUT2D eigenvalue weighted by molar-refractivity contribution is 5.51. The maximum Gasteiger partial charge on any atom is 0.0342 e. The predicted octanol–water partition coefficient (Wildman–Crippen LogP) is 4.94. The molecule has 0 fully saturated rings. The van der Waals surface area contributed by atoms with Crippen LogP contribution >= 0.6 is 0 Å². The molecular formula is C18H21N. The summed E-state index contributed by atoms with van der Waals surface area (Å²) in [6, 6.07) is 19.0. The lowest BCUT2D eigenvalue weighted by molar-refractivity contribution is 0.867. The van der Waals surface area contributed by atoms with Gasteiger partial charge in [-0.2, -0.15) is 0 Å². The van der Waals surface area contributed by atoms with Gasteiger partial charge in [0.25, 0.3) is 0 Å². The highest BCUT2D eigenvalue weighted by Crippen LogP contribution is 2.16. The van der Waals surface area contributed by atoms with Crippen LogP contribution in [0.1, 0.15) is 30.9 Å². The largest absolute Gasteiger partial charge is 0.382 e. The van der Waals surface area contributed by atoms with Gasteiger partial charge in [0.2, 0.25) is 0 Å². The summed E-state index contributed by atoms with van der Waals surface area (Å²) in [5.74, 6) is 0.590. The zero-order valence-corrected chi connectivity index (χ0v) is 11.6. The Labute approximate surface area is 116 Å². The van der Waals surface area contributed by atoms with Crippen LogP contribution in [-0.2, 0) is 0 Å². The fraction of sp³-hybridized carbons (Fsp3) is 0.222. The van der Waals surface area contributed by atoms with E-state index >= 15 is 0 Å². The molecule has 0 heterocycles. The van der Waals surface area contributed by atoms with Crippen LogP contribution < -0.4 is 5.32 Å². The van der Waals surface area contributed by atoms with Crippen molar-refractivity contribution in [1.82, 2.24) is 0 Å². The first kappa shape index (κ1) is 13.4. The molecule has 2 aromatic rings. The van der Waals surface area contributed by atoms with E-state index in [0.717, 1.165) is 6.54 Å². The smallest absolute Gasteiger partial charge is 0.0342 e. The second-order valence-corrected chi connectivity index (χ2v) is 4.97. The van der Waals surface area contributed by atoms with Gasteiger partial charge in [0.1, 0.15) is 0 Å². The minimum atomic E-state index is 0.590. The van der Waals surface area contributed by atoms with Crippen molar-refractivity contribution < 1.29 is 0 Å². The summed E-state index contributed by atoms with van der Waals surface area (Å²) >= 11 is 0. The summed E-state index contributed by atoms with van der Waals surface area (Å²) in [6.07, 6.45) is 4.28. The topological polar surface area (TPSA) is 12.0 Å². The minimum absolute atomic E-state index is 0.590. The quantitative estimate of drug-likeness (QED) is 0.794. The van der Waals surface area contributed by atoms with Gasteiger partial charge in [-0.1, -0.05) is 68.5 Å². The van der Waals surface area contributed by atoms with E-state index < -0.39 is 0 Å². The van der Waals surface area contributed by atoms with Crippen molar-refractivity contribution in [3.8, 4) is 0 Å². The lowest BCUT2D eigenvalue weighted by Crippen LogP contribution is -1.98. The first-order valence-corrected chi connectivity index (χ1v) is 6.81. The van der Waals surface area contributed by atoms with Crippen molar-refractivity contribution >= 4 is 11.8 Å². The van der Waals surface area contributed by atoms with Crippen molar-refractivity contribution in [2.45, 2.75) is 19.8 Å². The Morgan fingerprint density at radius 2 is 1.63 bits per heavy atom. The van der Waals surface area contributed by atoms with Gasteiger partial charge in [-0.05, 0) is 29.2 Å². The average Bonchev–Trinajstić information content (AvgIpc) is 2.45. The van der Waals surface area contributed by atoms with Crippen LogP contribution in [0, 0.1) is 0 Å². The number of hydrogen-bond donors (Lipinski definition) is 1. The SMILES string of the molecule is CC(C)c1ccc(NC/C=C/c2ccccc2)cc1. The molecule has 0 unspecified atom stereocenters. The van der Waals surface area contributed by atoms with Gasteiger partial charge in [-0.25, -0.2) is 0 Å². The molecule has 0 spiro atoms. The van der Waals surface area contributed by atoms with Gasteiger partial charge in [-0.15, -0.1) is 0 Å². The number of anilines is 1. The summed E-state index contributed by atoms with van der Waals surface area (Å²) in [4.78, 5) is 0. The Balaban J connectivity index is 1.84. The molecule has 0 saturated carbocycles. The zero-order valence-electron chi connectivity index (χ0n) is 11.6. The van der Waals surface area contributed by atoms with Gasteiger partial charge in [0, 0.05) is 12.2 Å². The third-order valence-electron chi connectivity index (χ3n) is 3.11. The van der Waals surface area contributed by atoms with E-state index in [-0.39, 0.29) is 0 Å². The maximum absolute atomic E-state index is 3.39. The van der Waals surface area contributed by atoms with Crippen LogP contribution in [0.3, 0.4) is 0 Å². The summed E-state index contributed by atoms with van der Waals surface area (Å²) in [5, 5.41) is 3.39. The van der Waals surface area contributed by atoms with E-state index in [2.05, 4.69) is 79.8 Å². The highest BCUT2D eigenvalue weighted by atomic mass is 14.8. The Hall–Kier alpha value is -2.02. The molecule has 19 heavy (non-hydrogen) atoms. The van der Waals surface area contributed by atoms with Crippen molar-refractivity contribution in [2.24, 2.45) is 0 Å². The standard InChI is InChI=1S/C18H21N/c1-15(2)17-10-12-18(13-11-17)19-14-6-9-16-7-4-3-5-8-16/h3-13,15,19H,14H2,1-2H3/b9-6+. The summed E-state index contributed by atoms with van der Waals surface area (Å²) in [6.45, 7) is 5.27. The molecule has 0 atom stereocenters. The van der Waals surface area contributed by atoms with Crippen LogP contribution in [0.2, 0.25) is 0 Å². The second kappa shape index (κ2) is 6.79. The summed E-state index contributed by atoms with van der Waals surface area (Å²) < 4.78 is 0. The van der Waals surface area contributed by atoms with E-state index in [1.54, 1.807) is 0 Å². The van der Waals surface area contributed by atoms with Crippen LogP contribution in [0.4, 0.5) is 5.69 Å². The minimum Gasteiger partial charge on any atom is -0.382 e. The molecule has 0 aliphatic heterocycles. The molecule has 0 saturated heterocycles. The van der Waals surface area contributed by atoms with Crippen LogP contribution in [0.25, 0.3) is 6.08 Å². The molecule has 0 radical (unpaired) electrons. The number of hydrogen-bond acceptors (Lipinski definition) is 1. The molecule has 1 nitrogen and oxygen atoms in total. The Morgan fingerprint density at radius 3 is 2.26 bits per heavy atom. The van der Waals surface area contributed by atoms with Gasteiger partial charge >= 0.3 is 0 Å². The molecular weight excluding hydrogens is 230 g/mol. The van der Waals surface area contributed by atoms with Crippen LogP contribution in [-0.4, -0.2) is 6.54 Å². The molecule has 0 bridgehead atoms. The van der Waals surface area contributed by atoms with E-state index in [1.165, 1.54) is 16.8 Å². The normalized spacial score (nSPS) is 11.1. The molecule has 0 aromatic heterocycles. The van der Waals surface area contributed by atoms with Gasteiger partial charge in [-0.3, -0.25) is 0 Å². The maximum atomic E-state index is 3.39. The van der Waals surface area contributed by atoms with E-state index in [4.69, 9.17) is 0 Å². The van der Waals surface area contributed by atoms with E-state index in [1.807, 2.05) is 6.07 Å². The average molecular weight is 251 g/mol. The summed E-state index contributed by atoms with van der Waals surface area (Å²) in [5.41, 5.74) is 3.78. The Bertz CT molecular complexity index is 509. The number of benzene rings is 2. The van der Waals surface area contributed by atoms with Crippen molar-refractivity contribution in [3.63, 3.8) is 0 Å². The van der Waals surface area contributed by atoms with E-state index in [9.17, 15) is 0 Å². The van der Waals surface area contributed by atoms with Gasteiger partial charge in [0.15, 0.2) is 0 Å². The summed E-state index contributed by atoms with van der Waals surface area (Å²) in [7, 11) is 0. The van der Waals surface area contributed by atoms with Gasteiger partial charge < -0.3 is 5.32 Å². The molecule has 0 aliphatic carbocycles. The third kappa shape index (κ3) is 4.29. The van der Waals surface area contributed by atoms with Gasteiger partial charge in [0.05, 0.1) is 0 Å². The molecule has 98 valence electrons. The Morgan fingerprint density at radius 1 is 0.947 bits per heavy atom. The second-order valence-electron chi connectivity index (χ2n) is 4.97. The molecule has 2 aromatic carbocycles. The fourth-order valence-electron chi connectivity index (χ4n) is 1.92. The molecule has 0 aliphatic rings. The molecule has 0 amide bonds. The third-order valence-corrected chi connectivity index (χ3v) is 3.11.